The van der Waals surface area contributed by atoms with E-state index in [1.807, 2.05) is 0 Å². The summed E-state index contributed by atoms with van der Waals surface area (Å²) >= 11 is 0. The van der Waals surface area contributed by atoms with Crippen LogP contribution in [0.1, 0.15) is 26.7 Å². The van der Waals surface area contributed by atoms with Crippen molar-refractivity contribution in [2.75, 3.05) is 26.4 Å². The van der Waals surface area contributed by atoms with Crippen molar-refractivity contribution in [2.45, 2.75) is 26.7 Å². The van der Waals surface area contributed by atoms with E-state index in [1.165, 1.54) is 0 Å². The van der Waals surface area contributed by atoms with Gasteiger partial charge in [-0.3, -0.25) is 0 Å². The lowest BCUT2D eigenvalue weighted by Crippen LogP contribution is -2.18. The first kappa shape index (κ1) is 17.7. The van der Waals surface area contributed by atoms with E-state index in [-0.39, 0.29) is 13.2 Å². The molecule has 0 aliphatic carbocycles. The Labute approximate surface area is 108 Å². The Kier molecular flexibility index (Phi) is 8.65. The third-order valence-corrected chi connectivity index (χ3v) is 3.22. The molecule has 0 radical (unpaired) electrons. The van der Waals surface area contributed by atoms with Gasteiger partial charge in [0.1, 0.15) is 0 Å². The van der Waals surface area contributed by atoms with Crippen LogP contribution in [-0.2, 0) is 37.5 Å². The molecule has 0 saturated heterocycles. The maximum atomic E-state index is 11.0. The average molecular weight is 306 g/mol. The zero-order valence-electron chi connectivity index (χ0n) is 10.3. The van der Waals surface area contributed by atoms with Gasteiger partial charge in [0, 0.05) is 0 Å². The second-order valence-electron chi connectivity index (χ2n) is 3.10. The summed E-state index contributed by atoms with van der Waals surface area (Å²) in [4.78, 5) is 0. The normalized spacial score (nSPS) is 12.8. The van der Waals surface area contributed by atoms with Gasteiger partial charge in [0.25, 0.3) is 0 Å². The van der Waals surface area contributed by atoms with Gasteiger partial charge in [-0.25, -0.2) is 16.7 Å². The molecule has 18 heavy (non-hydrogen) atoms. The molecule has 0 N–H and O–H groups in total. The monoisotopic (exact) mass is 306 g/mol. The Hall–Kier alpha value is -0.260. The SMILES string of the molecule is CCCOS(=O)(=O)OCCOS(=O)(=O)OCCC. The molecule has 0 aliphatic heterocycles. The quantitative estimate of drug-likeness (QED) is 0.504. The summed E-state index contributed by atoms with van der Waals surface area (Å²) in [7, 11) is -8.19. The fraction of sp³-hybridized carbons (Fsp3) is 1.00. The largest absolute Gasteiger partial charge is 0.399 e. The van der Waals surface area contributed by atoms with Gasteiger partial charge in [-0.2, -0.15) is 16.8 Å². The zero-order chi connectivity index (χ0) is 14.1. The Morgan fingerprint density at radius 3 is 1.17 bits per heavy atom. The molecule has 0 fully saturated rings. The highest BCUT2D eigenvalue weighted by atomic mass is 32.3. The minimum Gasteiger partial charge on any atom is -0.248 e. The predicted molar refractivity (Wildman–Crippen MR) is 62.2 cm³/mol. The van der Waals surface area contributed by atoms with Gasteiger partial charge >= 0.3 is 20.8 Å². The summed E-state index contributed by atoms with van der Waals surface area (Å²) in [5, 5.41) is 0. The Morgan fingerprint density at radius 2 is 0.889 bits per heavy atom. The lowest BCUT2D eigenvalue weighted by atomic mass is 10.5. The van der Waals surface area contributed by atoms with Gasteiger partial charge in [0.05, 0.1) is 26.4 Å². The summed E-state index contributed by atoms with van der Waals surface area (Å²) in [5.74, 6) is 0. The van der Waals surface area contributed by atoms with Crippen LogP contribution in [0.4, 0.5) is 0 Å². The van der Waals surface area contributed by atoms with Crippen LogP contribution >= 0.6 is 0 Å². The van der Waals surface area contributed by atoms with Crippen LogP contribution in [0, 0.1) is 0 Å². The fourth-order valence-electron chi connectivity index (χ4n) is 0.711. The number of hydrogen-bond donors (Lipinski definition) is 0. The van der Waals surface area contributed by atoms with Crippen molar-refractivity contribution in [3.05, 3.63) is 0 Å². The lowest BCUT2D eigenvalue weighted by Gasteiger charge is -2.06. The van der Waals surface area contributed by atoms with E-state index in [2.05, 4.69) is 16.7 Å². The van der Waals surface area contributed by atoms with E-state index >= 15 is 0 Å². The van der Waals surface area contributed by atoms with Crippen LogP contribution in [0.5, 0.6) is 0 Å². The molecule has 0 aromatic carbocycles. The van der Waals surface area contributed by atoms with Crippen molar-refractivity contribution >= 4 is 20.8 Å². The minimum atomic E-state index is -4.09. The first-order chi connectivity index (χ1) is 8.33. The van der Waals surface area contributed by atoms with Crippen molar-refractivity contribution in [2.24, 2.45) is 0 Å². The van der Waals surface area contributed by atoms with E-state index < -0.39 is 34.0 Å². The van der Waals surface area contributed by atoms with Crippen molar-refractivity contribution in [3.63, 3.8) is 0 Å². The summed E-state index contributed by atoms with van der Waals surface area (Å²) in [5.41, 5.74) is 0. The smallest absolute Gasteiger partial charge is 0.248 e. The number of hydrogen-bond acceptors (Lipinski definition) is 8. The summed E-state index contributed by atoms with van der Waals surface area (Å²) in [6, 6.07) is 0. The van der Waals surface area contributed by atoms with E-state index in [0.717, 1.165) is 0 Å². The van der Waals surface area contributed by atoms with Gasteiger partial charge in [-0.15, -0.1) is 0 Å². The van der Waals surface area contributed by atoms with Crippen LogP contribution in [-0.4, -0.2) is 43.3 Å². The molecule has 0 saturated carbocycles. The molecular weight excluding hydrogens is 288 g/mol. The van der Waals surface area contributed by atoms with Crippen molar-refractivity contribution in [1.82, 2.24) is 0 Å². The molecular formula is C8H18O8S2. The highest BCUT2D eigenvalue weighted by Crippen LogP contribution is 2.00. The summed E-state index contributed by atoms with van der Waals surface area (Å²) in [6.45, 7) is 2.52. The second-order valence-corrected chi connectivity index (χ2v) is 5.68. The predicted octanol–water partition coefficient (Wildman–Crippen LogP) is 0.362. The summed E-state index contributed by atoms with van der Waals surface area (Å²) < 4.78 is 61.5. The highest BCUT2D eigenvalue weighted by molar-refractivity contribution is 7.82. The topological polar surface area (TPSA) is 105 Å². The lowest BCUT2D eigenvalue weighted by molar-refractivity contribution is 0.159. The standard InChI is InChI=1S/C8H18O8S2/c1-3-5-13-17(9,10)15-7-8-16-18(11,12)14-6-4-2/h3-8H2,1-2H3. The molecule has 0 spiro atoms. The molecule has 0 aromatic heterocycles. The summed E-state index contributed by atoms with van der Waals surface area (Å²) in [6.07, 6.45) is 1.02. The van der Waals surface area contributed by atoms with Crippen LogP contribution in [0.3, 0.4) is 0 Å². The maximum absolute atomic E-state index is 11.0. The van der Waals surface area contributed by atoms with Crippen molar-refractivity contribution in [3.8, 4) is 0 Å². The van der Waals surface area contributed by atoms with Crippen LogP contribution < -0.4 is 0 Å². The third-order valence-electron chi connectivity index (χ3n) is 1.40. The highest BCUT2D eigenvalue weighted by Gasteiger charge is 2.14. The van der Waals surface area contributed by atoms with Crippen molar-refractivity contribution in [1.29, 1.82) is 0 Å². The zero-order valence-corrected chi connectivity index (χ0v) is 12.0. The van der Waals surface area contributed by atoms with E-state index in [9.17, 15) is 16.8 Å². The Balaban J connectivity index is 3.86. The van der Waals surface area contributed by atoms with Crippen molar-refractivity contribution < 1.29 is 33.6 Å². The Bertz CT molecular complexity index is 359. The van der Waals surface area contributed by atoms with Gasteiger partial charge < -0.3 is 0 Å². The molecule has 0 heterocycles. The van der Waals surface area contributed by atoms with Crippen LogP contribution in [0.15, 0.2) is 0 Å². The Morgan fingerprint density at radius 1 is 0.611 bits per heavy atom. The van der Waals surface area contributed by atoms with E-state index in [1.54, 1.807) is 13.8 Å². The number of rotatable bonds is 11. The first-order valence-corrected chi connectivity index (χ1v) is 8.07. The molecule has 0 bridgehead atoms. The van der Waals surface area contributed by atoms with Crippen LogP contribution in [0.25, 0.3) is 0 Å². The van der Waals surface area contributed by atoms with E-state index in [0.29, 0.717) is 12.8 Å². The third kappa shape index (κ3) is 9.74. The van der Waals surface area contributed by atoms with E-state index in [4.69, 9.17) is 0 Å². The molecule has 0 atom stereocenters. The molecule has 10 heteroatoms. The van der Waals surface area contributed by atoms with Gasteiger partial charge in [0.2, 0.25) is 0 Å². The molecule has 0 unspecified atom stereocenters. The molecule has 0 amide bonds. The van der Waals surface area contributed by atoms with Gasteiger partial charge in [0.15, 0.2) is 0 Å². The van der Waals surface area contributed by atoms with Gasteiger partial charge in [-0.05, 0) is 12.8 Å². The first-order valence-electron chi connectivity index (χ1n) is 5.40. The van der Waals surface area contributed by atoms with Crippen LogP contribution in [0.2, 0.25) is 0 Å². The molecule has 110 valence electrons. The molecule has 8 nitrogen and oxygen atoms in total. The second kappa shape index (κ2) is 8.77. The van der Waals surface area contributed by atoms with Gasteiger partial charge in [-0.1, -0.05) is 13.8 Å². The average Bonchev–Trinajstić information content (AvgIpc) is 2.30. The maximum Gasteiger partial charge on any atom is 0.399 e. The fourth-order valence-corrected chi connectivity index (χ4v) is 2.13. The molecule has 0 aliphatic rings. The molecule has 0 rings (SSSR count). The minimum absolute atomic E-state index is 0.00109. The molecule has 0 aromatic rings.